The lowest BCUT2D eigenvalue weighted by molar-refractivity contribution is 0.0974. The van der Waals surface area contributed by atoms with Gasteiger partial charge >= 0.3 is 0 Å². The number of aliphatic hydroxyl groups is 1. The topological polar surface area (TPSA) is 20.2 Å². The van der Waals surface area contributed by atoms with Crippen molar-refractivity contribution in [1.82, 2.24) is 0 Å². The highest BCUT2D eigenvalue weighted by atomic mass is 16.3. The Labute approximate surface area is 107 Å². The third kappa shape index (κ3) is 1.31. The summed E-state index contributed by atoms with van der Waals surface area (Å²) in [7, 11) is 0. The molecule has 0 fully saturated rings. The van der Waals surface area contributed by atoms with E-state index in [1.165, 1.54) is 21.9 Å². The summed E-state index contributed by atoms with van der Waals surface area (Å²) in [6.07, 6.45) is 6.14. The number of benzene rings is 2. The van der Waals surface area contributed by atoms with E-state index in [-0.39, 0.29) is 6.10 Å². The van der Waals surface area contributed by atoms with Crippen molar-refractivity contribution < 1.29 is 5.11 Å². The van der Waals surface area contributed by atoms with E-state index in [1.54, 1.807) is 0 Å². The molecule has 2 aliphatic rings. The average Bonchev–Trinajstić information content (AvgIpc) is 2.89. The highest BCUT2D eigenvalue weighted by Crippen LogP contribution is 2.44. The Hall–Kier alpha value is -1.60. The SMILES string of the molecule is OC1Cc2c(ccc3ccccc23)C2C=CCC12. The maximum Gasteiger partial charge on any atom is 0.0620 e. The van der Waals surface area contributed by atoms with E-state index in [0.29, 0.717) is 11.8 Å². The van der Waals surface area contributed by atoms with Gasteiger partial charge < -0.3 is 5.11 Å². The molecule has 0 saturated carbocycles. The van der Waals surface area contributed by atoms with Crippen LogP contribution in [0.15, 0.2) is 48.6 Å². The van der Waals surface area contributed by atoms with Crippen LogP contribution in [0.1, 0.15) is 23.5 Å². The van der Waals surface area contributed by atoms with Crippen LogP contribution in [0.5, 0.6) is 0 Å². The molecule has 90 valence electrons. The highest BCUT2D eigenvalue weighted by Gasteiger charge is 2.36. The van der Waals surface area contributed by atoms with Crippen LogP contribution < -0.4 is 0 Å². The first-order valence-corrected chi connectivity index (χ1v) is 6.70. The lowest BCUT2D eigenvalue weighted by Gasteiger charge is -2.33. The van der Waals surface area contributed by atoms with Crippen LogP contribution in [0.2, 0.25) is 0 Å². The van der Waals surface area contributed by atoms with Gasteiger partial charge in [0.1, 0.15) is 0 Å². The molecule has 4 rings (SSSR count). The second-order valence-electron chi connectivity index (χ2n) is 5.48. The van der Waals surface area contributed by atoms with E-state index >= 15 is 0 Å². The van der Waals surface area contributed by atoms with Crippen molar-refractivity contribution in [3.05, 3.63) is 59.7 Å². The molecule has 0 heterocycles. The summed E-state index contributed by atoms with van der Waals surface area (Å²) in [6.45, 7) is 0. The third-order valence-electron chi connectivity index (χ3n) is 4.56. The highest BCUT2D eigenvalue weighted by molar-refractivity contribution is 5.87. The maximum absolute atomic E-state index is 10.3. The van der Waals surface area contributed by atoms with Gasteiger partial charge in [0, 0.05) is 5.92 Å². The van der Waals surface area contributed by atoms with Crippen molar-refractivity contribution >= 4 is 10.8 Å². The molecule has 0 spiro atoms. The molecular weight excluding hydrogens is 220 g/mol. The number of hydrogen-bond donors (Lipinski definition) is 1. The quantitative estimate of drug-likeness (QED) is 0.695. The van der Waals surface area contributed by atoms with Crippen LogP contribution in [0.25, 0.3) is 10.8 Å². The maximum atomic E-state index is 10.3. The summed E-state index contributed by atoms with van der Waals surface area (Å²) in [5.41, 5.74) is 2.78. The van der Waals surface area contributed by atoms with Crippen molar-refractivity contribution in [1.29, 1.82) is 0 Å². The fourth-order valence-electron chi connectivity index (χ4n) is 3.66. The molecule has 18 heavy (non-hydrogen) atoms. The van der Waals surface area contributed by atoms with Crippen LogP contribution >= 0.6 is 0 Å². The van der Waals surface area contributed by atoms with Crippen LogP contribution in [-0.2, 0) is 6.42 Å². The Morgan fingerprint density at radius 1 is 1.06 bits per heavy atom. The Kier molecular flexibility index (Phi) is 2.12. The van der Waals surface area contributed by atoms with Crippen molar-refractivity contribution in [2.45, 2.75) is 24.9 Å². The molecule has 1 N–H and O–H groups in total. The predicted octanol–water partition coefficient (Wildman–Crippen LogP) is 3.42. The molecule has 3 unspecified atom stereocenters. The molecule has 2 aliphatic carbocycles. The van der Waals surface area contributed by atoms with Crippen molar-refractivity contribution in [2.24, 2.45) is 5.92 Å². The smallest absolute Gasteiger partial charge is 0.0620 e. The second-order valence-corrected chi connectivity index (χ2v) is 5.48. The molecule has 3 atom stereocenters. The molecule has 0 aliphatic heterocycles. The molecule has 0 radical (unpaired) electrons. The van der Waals surface area contributed by atoms with Gasteiger partial charge in [0.05, 0.1) is 6.10 Å². The minimum absolute atomic E-state index is 0.191. The van der Waals surface area contributed by atoms with Crippen LogP contribution in [-0.4, -0.2) is 11.2 Å². The van der Waals surface area contributed by atoms with E-state index in [9.17, 15) is 5.11 Å². The van der Waals surface area contributed by atoms with E-state index in [4.69, 9.17) is 0 Å². The van der Waals surface area contributed by atoms with Crippen molar-refractivity contribution in [2.75, 3.05) is 0 Å². The van der Waals surface area contributed by atoms with Gasteiger partial charge in [-0.05, 0) is 40.7 Å². The van der Waals surface area contributed by atoms with Gasteiger partial charge in [-0.2, -0.15) is 0 Å². The normalized spacial score (nSPS) is 29.3. The zero-order valence-corrected chi connectivity index (χ0v) is 10.2. The number of hydrogen-bond acceptors (Lipinski definition) is 1. The van der Waals surface area contributed by atoms with Crippen LogP contribution in [0.3, 0.4) is 0 Å². The lowest BCUT2D eigenvalue weighted by Crippen LogP contribution is -2.31. The summed E-state index contributed by atoms with van der Waals surface area (Å²) in [6, 6.07) is 13.0. The second kappa shape index (κ2) is 3.69. The standard InChI is InChI=1S/C17H16O/c18-17-10-16-12-5-2-1-4-11(12)8-9-14(16)13-6-3-7-15(13)17/h1-6,8-9,13,15,17-18H,7,10H2. The molecule has 0 amide bonds. The Morgan fingerprint density at radius 2 is 1.94 bits per heavy atom. The van der Waals surface area contributed by atoms with E-state index in [1.807, 2.05) is 0 Å². The molecule has 0 saturated heterocycles. The number of allylic oxidation sites excluding steroid dienone is 2. The van der Waals surface area contributed by atoms with Gasteiger partial charge in [-0.1, -0.05) is 48.6 Å². The molecular formula is C17H16O. The van der Waals surface area contributed by atoms with E-state index in [2.05, 4.69) is 48.6 Å². The van der Waals surface area contributed by atoms with Gasteiger partial charge in [0.15, 0.2) is 0 Å². The largest absolute Gasteiger partial charge is 0.392 e. The lowest BCUT2D eigenvalue weighted by atomic mass is 9.74. The summed E-state index contributed by atoms with van der Waals surface area (Å²) >= 11 is 0. The summed E-state index contributed by atoms with van der Waals surface area (Å²) < 4.78 is 0. The van der Waals surface area contributed by atoms with Gasteiger partial charge in [0.25, 0.3) is 0 Å². The van der Waals surface area contributed by atoms with Crippen LogP contribution in [0.4, 0.5) is 0 Å². The molecule has 1 nitrogen and oxygen atoms in total. The Balaban J connectivity index is 1.99. The first-order valence-electron chi connectivity index (χ1n) is 6.70. The fraction of sp³-hybridized carbons (Fsp3) is 0.294. The van der Waals surface area contributed by atoms with Gasteiger partial charge in [-0.25, -0.2) is 0 Å². The third-order valence-corrected chi connectivity index (χ3v) is 4.56. The summed E-state index contributed by atoms with van der Waals surface area (Å²) in [4.78, 5) is 0. The molecule has 2 aromatic carbocycles. The number of fused-ring (bicyclic) bond motifs is 5. The van der Waals surface area contributed by atoms with Gasteiger partial charge in [0.2, 0.25) is 0 Å². The Bertz CT molecular complexity index is 641. The average molecular weight is 236 g/mol. The van der Waals surface area contributed by atoms with Gasteiger partial charge in [-0.3, -0.25) is 0 Å². The first kappa shape index (κ1) is 10.3. The van der Waals surface area contributed by atoms with Gasteiger partial charge in [-0.15, -0.1) is 0 Å². The minimum Gasteiger partial charge on any atom is -0.392 e. The fourth-order valence-corrected chi connectivity index (χ4v) is 3.66. The summed E-state index contributed by atoms with van der Waals surface area (Å²) in [5, 5.41) is 12.9. The first-order chi connectivity index (χ1) is 8.84. The zero-order chi connectivity index (χ0) is 12.1. The summed E-state index contributed by atoms with van der Waals surface area (Å²) in [5.74, 6) is 0.826. The molecule has 0 bridgehead atoms. The van der Waals surface area contributed by atoms with E-state index < -0.39 is 0 Å². The zero-order valence-electron chi connectivity index (χ0n) is 10.2. The van der Waals surface area contributed by atoms with Crippen molar-refractivity contribution in [3.8, 4) is 0 Å². The molecule has 2 aromatic rings. The van der Waals surface area contributed by atoms with Crippen molar-refractivity contribution in [3.63, 3.8) is 0 Å². The Morgan fingerprint density at radius 3 is 2.89 bits per heavy atom. The minimum atomic E-state index is -0.191. The monoisotopic (exact) mass is 236 g/mol. The predicted molar refractivity (Wildman–Crippen MR) is 73.6 cm³/mol. The van der Waals surface area contributed by atoms with E-state index in [0.717, 1.165) is 12.8 Å². The number of aliphatic hydroxyl groups excluding tert-OH is 1. The van der Waals surface area contributed by atoms with Crippen LogP contribution in [0, 0.1) is 5.92 Å². The molecule has 0 aromatic heterocycles. The number of rotatable bonds is 0. The molecule has 1 heteroatoms.